The van der Waals surface area contributed by atoms with Crippen LogP contribution in [0.5, 0.6) is 0 Å². The van der Waals surface area contributed by atoms with Gasteiger partial charge in [-0.2, -0.15) is 0 Å². The van der Waals surface area contributed by atoms with E-state index in [2.05, 4.69) is 68.0 Å². The van der Waals surface area contributed by atoms with E-state index < -0.39 is 0 Å². The van der Waals surface area contributed by atoms with E-state index in [1.165, 1.54) is 22.9 Å². The number of hydrogen-bond donors (Lipinski definition) is 1. The van der Waals surface area contributed by atoms with Gasteiger partial charge in [0.05, 0.1) is 0 Å². The number of aryl methyl sites for hydroxylation is 1. The van der Waals surface area contributed by atoms with Crippen LogP contribution in [-0.4, -0.2) is 11.1 Å². The third-order valence-electron chi connectivity index (χ3n) is 3.67. The van der Waals surface area contributed by atoms with E-state index in [9.17, 15) is 0 Å². The van der Waals surface area contributed by atoms with Gasteiger partial charge in [0.1, 0.15) is 0 Å². The van der Waals surface area contributed by atoms with Gasteiger partial charge >= 0.3 is 0 Å². The average molecular weight is 272 g/mol. The summed E-state index contributed by atoms with van der Waals surface area (Å²) in [6.07, 6.45) is 3.46. The Hall–Kier alpha value is -1.28. The van der Waals surface area contributed by atoms with Crippen LogP contribution in [0.25, 0.3) is 10.9 Å². The van der Waals surface area contributed by atoms with Crippen molar-refractivity contribution in [2.75, 3.05) is 6.54 Å². The molecule has 0 spiro atoms. The first-order chi connectivity index (χ1) is 9.56. The molecule has 0 radical (unpaired) electrons. The molecule has 0 aliphatic carbocycles. The maximum Gasteiger partial charge on any atom is 0.0483 e. The Morgan fingerprint density at radius 2 is 1.85 bits per heavy atom. The lowest BCUT2D eigenvalue weighted by Gasteiger charge is -2.10. The number of benzene rings is 1. The summed E-state index contributed by atoms with van der Waals surface area (Å²) in [6.45, 7) is 12.2. The van der Waals surface area contributed by atoms with E-state index in [4.69, 9.17) is 0 Å². The van der Waals surface area contributed by atoms with Gasteiger partial charge < -0.3 is 9.88 Å². The lowest BCUT2D eigenvalue weighted by Crippen LogP contribution is -2.18. The van der Waals surface area contributed by atoms with Crippen molar-refractivity contribution in [3.8, 4) is 0 Å². The molecule has 2 heteroatoms. The molecule has 1 aromatic carbocycles. The van der Waals surface area contributed by atoms with Crippen LogP contribution in [0, 0.1) is 11.8 Å². The van der Waals surface area contributed by atoms with Crippen LogP contribution in [-0.2, 0) is 13.1 Å². The number of nitrogens with zero attached hydrogens (tertiary/aromatic N) is 1. The van der Waals surface area contributed by atoms with Crippen molar-refractivity contribution in [1.82, 2.24) is 9.88 Å². The predicted octanol–water partition coefficient (Wildman–Crippen LogP) is 4.43. The van der Waals surface area contributed by atoms with Crippen molar-refractivity contribution in [1.29, 1.82) is 0 Å². The Morgan fingerprint density at radius 3 is 2.55 bits per heavy atom. The Morgan fingerprint density at radius 1 is 1.05 bits per heavy atom. The maximum absolute atomic E-state index is 3.52. The molecular weight excluding hydrogens is 244 g/mol. The van der Waals surface area contributed by atoms with Crippen LogP contribution in [0.4, 0.5) is 0 Å². The number of aromatic nitrogens is 1. The molecule has 0 aliphatic heterocycles. The van der Waals surface area contributed by atoms with Crippen LogP contribution in [0.15, 0.2) is 30.5 Å². The Kier molecular flexibility index (Phi) is 5.24. The summed E-state index contributed by atoms with van der Waals surface area (Å²) in [4.78, 5) is 0. The zero-order valence-corrected chi connectivity index (χ0v) is 13.3. The quantitative estimate of drug-likeness (QED) is 0.789. The fraction of sp³-hybridized carbons (Fsp3) is 0.556. The van der Waals surface area contributed by atoms with E-state index >= 15 is 0 Å². The molecule has 0 saturated carbocycles. The second-order valence-electron chi connectivity index (χ2n) is 6.61. The van der Waals surface area contributed by atoms with Gasteiger partial charge in [-0.25, -0.2) is 0 Å². The Labute approximate surface area is 123 Å². The monoisotopic (exact) mass is 272 g/mol. The number of rotatable bonds is 7. The smallest absolute Gasteiger partial charge is 0.0483 e. The normalized spacial score (nSPS) is 11.9. The highest BCUT2D eigenvalue weighted by Gasteiger charge is 2.04. The first-order valence-corrected chi connectivity index (χ1v) is 7.84. The third-order valence-corrected chi connectivity index (χ3v) is 3.67. The van der Waals surface area contributed by atoms with E-state index in [-0.39, 0.29) is 0 Å². The molecule has 20 heavy (non-hydrogen) atoms. The molecule has 0 bridgehead atoms. The van der Waals surface area contributed by atoms with Crippen molar-refractivity contribution in [3.63, 3.8) is 0 Å². The minimum absolute atomic E-state index is 0.702. The number of fused-ring (bicyclic) bond motifs is 1. The first-order valence-electron chi connectivity index (χ1n) is 7.84. The largest absolute Gasteiger partial charge is 0.347 e. The minimum Gasteiger partial charge on any atom is -0.347 e. The number of nitrogens with one attached hydrogen (secondary N) is 1. The fourth-order valence-electron chi connectivity index (χ4n) is 2.44. The van der Waals surface area contributed by atoms with Gasteiger partial charge in [0.2, 0.25) is 0 Å². The van der Waals surface area contributed by atoms with Gasteiger partial charge in [-0.3, -0.25) is 0 Å². The molecule has 0 atom stereocenters. The van der Waals surface area contributed by atoms with E-state index in [0.29, 0.717) is 5.92 Å². The Bertz CT molecular complexity index is 537. The highest BCUT2D eigenvalue weighted by atomic mass is 14.9. The summed E-state index contributed by atoms with van der Waals surface area (Å²) in [7, 11) is 0. The highest BCUT2D eigenvalue weighted by Crippen LogP contribution is 2.19. The molecule has 2 nitrogen and oxygen atoms in total. The topological polar surface area (TPSA) is 17.0 Å². The van der Waals surface area contributed by atoms with Gasteiger partial charge in [-0.15, -0.1) is 0 Å². The van der Waals surface area contributed by atoms with Crippen molar-refractivity contribution in [2.24, 2.45) is 11.8 Å². The second-order valence-corrected chi connectivity index (χ2v) is 6.61. The van der Waals surface area contributed by atoms with Crippen LogP contribution in [0.2, 0.25) is 0 Å². The zero-order valence-electron chi connectivity index (χ0n) is 13.3. The summed E-state index contributed by atoms with van der Waals surface area (Å²) < 4.78 is 2.39. The van der Waals surface area contributed by atoms with Gasteiger partial charge in [0, 0.05) is 24.8 Å². The van der Waals surface area contributed by atoms with Crippen molar-refractivity contribution < 1.29 is 0 Å². The summed E-state index contributed by atoms with van der Waals surface area (Å²) in [5.41, 5.74) is 2.75. The van der Waals surface area contributed by atoms with Gasteiger partial charge in [0.25, 0.3) is 0 Å². The highest BCUT2D eigenvalue weighted by molar-refractivity contribution is 5.80. The first kappa shape index (κ1) is 15.1. The molecule has 1 aromatic heterocycles. The van der Waals surface area contributed by atoms with Crippen LogP contribution < -0.4 is 5.32 Å². The van der Waals surface area contributed by atoms with Gasteiger partial charge in [0.15, 0.2) is 0 Å². The van der Waals surface area contributed by atoms with Crippen LogP contribution in [0.3, 0.4) is 0 Å². The summed E-state index contributed by atoms with van der Waals surface area (Å²) in [5, 5.41) is 4.87. The SMILES string of the molecule is CC(C)CCn1ccc2ccc(CNCC(C)C)cc21. The molecule has 1 N–H and O–H groups in total. The molecule has 110 valence electrons. The fourth-order valence-corrected chi connectivity index (χ4v) is 2.44. The molecule has 1 heterocycles. The minimum atomic E-state index is 0.702. The van der Waals surface area contributed by atoms with Gasteiger partial charge in [-0.1, -0.05) is 39.8 Å². The zero-order chi connectivity index (χ0) is 14.5. The summed E-state index contributed by atoms with van der Waals surface area (Å²) in [5.74, 6) is 1.46. The second kappa shape index (κ2) is 6.94. The molecule has 2 rings (SSSR count). The lowest BCUT2D eigenvalue weighted by molar-refractivity contribution is 0.524. The summed E-state index contributed by atoms with van der Waals surface area (Å²) in [6, 6.07) is 9.04. The van der Waals surface area contributed by atoms with Gasteiger partial charge in [-0.05, 0) is 47.9 Å². The van der Waals surface area contributed by atoms with Crippen molar-refractivity contribution in [3.05, 3.63) is 36.0 Å². The van der Waals surface area contributed by atoms with Crippen LogP contribution >= 0.6 is 0 Å². The standard InChI is InChI=1S/C18H28N2/c1-14(2)7-9-20-10-8-17-6-5-16(11-18(17)20)13-19-12-15(3)4/h5-6,8,10-11,14-15,19H,7,9,12-13H2,1-4H3. The molecule has 2 aromatic rings. The van der Waals surface area contributed by atoms with E-state index in [1.54, 1.807) is 0 Å². The lowest BCUT2D eigenvalue weighted by atomic mass is 10.1. The molecule has 0 aliphatic rings. The third kappa shape index (κ3) is 4.11. The molecule has 0 unspecified atom stereocenters. The number of hydrogen-bond acceptors (Lipinski definition) is 1. The van der Waals surface area contributed by atoms with E-state index in [1.807, 2.05) is 0 Å². The molecule has 0 fully saturated rings. The van der Waals surface area contributed by atoms with Crippen LogP contribution in [0.1, 0.15) is 39.7 Å². The molecule has 0 amide bonds. The van der Waals surface area contributed by atoms with E-state index in [0.717, 1.165) is 25.6 Å². The molecule has 0 saturated heterocycles. The Balaban J connectivity index is 2.08. The maximum atomic E-state index is 3.52. The summed E-state index contributed by atoms with van der Waals surface area (Å²) >= 11 is 0. The average Bonchev–Trinajstić information content (AvgIpc) is 2.78. The predicted molar refractivity (Wildman–Crippen MR) is 87.9 cm³/mol. The van der Waals surface area contributed by atoms with Crippen molar-refractivity contribution >= 4 is 10.9 Å². The van der Waals surface area contributed by atoms with Crippen molar-refractivity contribution in [2.45, 2.75) is 47.2 Å². The molecular formula is C18H28N2.